The molecule has 0 bridgehead atoms. The number of aromatic nitrogens is 1. The van der Waals surface area contributed by atoms with E-state index < -0.39 is 6.61 Å². The third kappa shape index (κ3) is 5.94. The molecule has 28 heavy (non-hydrogen) atoms. The Kier molecular flexibility index (Phi) is 8.78. The van der Waals surface area contributed by atoms with Crippen LogP contribution in [-0.2, 0) is 6.54 Å². The van der Waals surface area contributed by atoms with Crippen molar-refractivity contribution in [1.29, 1.82) is 0 Å². The quantitative estimate of drug-likeness (QED) is 0.334. The first-order valence-electron chi connectivity index (χ1n) is 8.06. The summed E-state index contributed by atoms with van der Waals surface area (Å²) in [6.45, 7) is -0.0560. The van der Waals surface area contributed by atoms with E-state index in [1.807, 2.05) is 10.3 Å². The van der Waals surface area contributed by atoms with E-state index in [9.17, 15) is 8.78 Å². The number of ether oxygens (including phenoxy) is 1. The van der Waals surface area contributed by atoms with Gasteiger partial charge in [-0.05, 0) is 12.1 Å². The molecule has 0 radical (unpaired) electrons. The fraction of sp³-hybridized carbons (Fsp3) is 0.375. The van der Waals surface area contributed by atoms with Gasteiger partial charge in [-0.2, -0.15) is 8.78 Å². The Morgan fingerprint density at radius 3 is 2.61 bits per heavy atom. The highest BCUT2D eigenvalue weighted by Crippen LogP contribution is 2.34. The van der Waals surface area contributed by atoms with Crippen LogP contribution >= 0.6 is 58.5 Å². The maximum atomic E-state index is 12.6. The van der Waals surface area contributed by atoms with Gasteiger partial charge in [0.2, 0.25) is 0 Å². The molecule has 0 unspecified atom stereocenters. The van der Waals surface area contributed by atoms with Gasteiger partial charge in [-0.25, -0.2) is 9.98 Å². The van der Waals surface area contributed by atoms with Gasteiger partial charge in [0.1, 0.15) is 5.75 Å². The van der Waals surface area contributed by atoms with Crippen molar-refractivity contribution in [3.8, 4) is 5.75 Å². The molecule has 0 spiro atoms. The molecule has 2 aromatic rings. The molecule has 1 saturated heterocycles. The number of benzene rings is 1. The second-order valence-corrected chi connectivity index (χ2v) is 7.43. The number of piperazine rings is 1. The molecule has 0 aliphatic carbocycles. The number of alkyl halides is 2. The molecule has 1 fully saturated rings. The lowest BCUT2D eigenvalue weighted by molar-refractivity contribution is -0.0503. The molecule has 3 rings (SSSR count). The maximum Gasteiger partial charge on any atom is 0.387 e. The predicted molar refractivity (Wildman–Crippen MR) is 120 cm³/mol. The fourth-order valence-electron chi connectivity index (χ4n) is 2.72. The third-order valence-electron chi connectivity index (χ3n) is 4.00. The topological polar surface area (TPSA) is 67.0 Å². The first kappa shape index (κ1) is 23.2. The van der Waals surface area contributed by atoms with Crippen molar-refractivity contribution in [3.05, 3.63) is 39.3 Å². The van der Waals surface area contributed by atoms with Crippen molar-refractivity contribution in [3.63, 3.8) is 0 Å². The summed E-state index contributed by atoms with van der Waals surface area (Å²) in [5, 5.41) is 3.23. The number of nitrogens with two attached hydrogens (primary N) is 1. The Labute approximate surface area is 192 Å². The van der Waals surface area contributed by atoms with E-state index in [1.54, 1.807) is 17.5 Å². The number of guanidine groups is 1. The molecule has 154 valence electrons. The highest BCUT2D eigenvalue weighted by Gasteiger charge is 2.20. The Balaban J connectivity index is 0.00000280. The standard InChI is InChI=1S/C16H17Cl2F2N5OS.HI/c17-11-7-10(13(12(18)8-11)26-14(19)20)9-23-15(21)24-2-4-25(5-3-24)16-22-1-6-27-16;/h1,6-8,14H,2-5,9H2,(H2,21,23);1H. The Morgan fingerprint density at radius 2 is 2.00 bits per heavy atom. The molecule has 2 N–H and O–H groups in total. The maximum absolute atomic E-state index is 12.6. The third-order valence-corrected chi connectivity index (χ3v) is 5.33. The summed E-state index contributed by atoms with van der Waals surface area (Å²) in [5.74, 6) is 0.189. The predicted octanol–water partition coefficient (Wildman–Crippen LogP) is 4.31. The molecule has 0 amide bonds. The van der Waals surface area contributed by atoms with Gasteiger partial charge in [-0.1, -0.05) is 23.2 Å². The number of thiazole rings is 1. The minimum absolute atomic E-state index is 0. The van der Waals surface area contributed by atoms with Crippen molar-refractivity contribution < 1.29 is 13.5 Å². The van der Waals surface area contributed by atoms with Crippen molar-refractivity contribution in [2.75, 3.05) is 31.1 Å². The van der Waals surface area contributed by atoms with Crippen molar-refractivity contribution in [2.45, 2.75) is 13.2 Å². The van der Waals surface area contributed by atoms with E-state index in [-0.39, 0.29) is 41.3 Å². The van der Waals surface area contributed by atoms with E-state index >= 15 is 0 Å². The highest BCUT2D eigenvalue weighted by molar-refractivity contribution is 14.0. The second-order valence-electron chi connectivity index (χ2n) is 5.72. The van der Waals surface area contributed by atoms with Crippen LogP contribution in [0.25, 0.3) is 0 Å². The van der Waals surface area contributed by atoms with E-state index in [1.165, 1.54) is 12.1 Å². The summed E-state index contributed by atoms with van der Waals surface area (Å²) in [6, 6.07) is 2.83. The summed E-state index contributed by atoms with van der Waals surface area (Å²) in [7, 11) is 0. The summed E-state index contributed by atoms with van der Waals surface area (Å²) in [4.78, 5) is 12.7. The van der Waals surface area contributed by atoms with Crippen LogP contribution in [0.3, 0.4) is 0 Å². The van der Waals surface area contributed by atoms with E-state index in [0.717, 1.165) is 18.2 Å². The minimum Gasteiger partial charge on any atom is -0.433 e. The van der Waals surface area contributed by atoms with Crippen molar-refractivity contribution in [1.82, 2.24) is 9.88 Å². The van der Waals surface area contributed by atoms with Crippen LogP contribution in [0.4, 0.5) is 13.9 Å². The number of halogens is 5. The lowest BCUT2D eigenvalue weighted by Crippen LogP contribution is -2.51. The lowest BCUT2D eigenvalue weighted by atomic mass is 10.2. The average Bonchev–Trinajstić information content (AvgIpc) is 3.17. The molecular weight excluding hydrogens is 546 g/mol. The Morgan fingerprint density at radius 1 is 1.29 bits per heavy atom. The van der Waals surface area contributed by atoms with Gasteiger partial charge in [0.15, 0.2) is 11.1 Å². The lowest BCUT2D eigenvalue weighted by Gasteiger charge is -2.35. The molecule has 1 aromatic carbocycles. The zero-order valence-corrected chi connectivity index (χ0v) is 19.2. The van der Waals surface area contributed by atoms with Gasteiger partial charge < -0.3 is 20.3 Å². The number of hydrogen-bond donors (Lipinski definition) is 1. The Bertz CT molecular complexity index is 805. The van der Waals surface area contributed by atoms with Crippen LogP contribution in [0.15, 0.2) is 28.7 Å². The van der Waals surface area contributed by atoms with Crippen LogP contribution in [0.5, 0.6) is 5.75 Å². The van der Waals surface area contributed by atoms with Gasteiger partial charge in [-0.15, -0.1) is 35.3 Å². The van der Waals surface area contributed by atoms with Crippen molar-refractivity contribution in [2.24, 2.45) is 10.7 Å². The highest BCUT2D eigenvalue weighted by atomic mass is 127. The molecule has 12 heteroatoms. The van der Waals surface area contributed by atoms with Gasteiger partial charge in [0.25, 0.3) is 0 Å². The first-order chi connectivity index (χ1) is 12.9. The number of rotatable bonds is 5. The van der Waals surface area contributed by atoms with Crippen LogP contribution in [-0.4, -0.2) is 48.6 Å². The molecule has 1 aromatic heterocycles. The van der Waals surface area contributed by atoms with E-state index in [0.29, 0.717) is 29.6 Å². The van der Waals surface area contributed by atoms with Crippen LogP contribution < -0.4 is 15.4 Å². The van der Waals surface area contributed by atoms with Gasteiger partial charge in [0, 0.05) is 48.3 Å². The van der Waals surface area contributed by atoms with E-state index in [4.69, 9.17) is 28.9 Å². The normalized spacial score (nSPS) is 15.0. The fourth-order valence-corrected chi connectivity index (χ4v) is 3.99. The zero-order chi connectivity index (χ0) is 19.4. The SMILES string of the molecule is I.NC(=NCc1cc(Cl)cc(Cl)c1OC(F)F)N1CCN(c2nccs2)CC1. The summed E-state index contributed by atoms with van der Waals surface area (Å²) in [6.07, 6.45) is 1.78. The molecule has 0 saturated carbocycles. The smallest absolute Gasteiger partial charge is 0.387 e. The molecule has 1 aliphatic heterocycles. The Hall–Kier alpha value is -1.11. The number of hydrogen-bond acceptors (Lipinski definition) is 5. The average molecular weight is 564 g/mol. The molecular formula is C16H18Cl2F2IN5OS. The number of anilines is 1. The first-order valence-corrected chi connectivity index (χ1v) is 9.69. The second kappa shape index (κ2) is 10.6. The summed E-state index contributed by atoms with van der Waals surface area (Å²) >= 11 is 13.5. The molecule has 2 heterocycles. The van der Waals surface area contributed by atoms with Gasteiger partial charge >= 0.3 is 6.61 Å². The summed E-state index contributed by atoms with van der Waals surface area (Å²) < 4.78 is 29.8. The van der Waals surface area contributed by atoms with E-state index in [2.05, 4.69) is 19.6 Å². The number of nitrogens with zero attached hydrogens (tertiary/aromatic N) is 4. The number of aliphatic imine (C=N–C) groups is 1. The molecule has 6 nitrogen and oxygen atoms in total. The van der Waals surface area contributed by atoms with Crippen molar-refractivity contribution >= 4 is 69.6 Å². The largest absolute Gasteiger partial charge is 0.433 e. The molecule has 1 aliphatic rings. The van der Waals surface area contributed by atoms with Gasteiger partial charge in [-0.3, -0.25) is 0 Å². The zero-order valence-electron chi connectivity index (χ0n) is 14.5. The molecule has 0 atom stereocenters. The monoisotopic (exact) mass is 563 g/mol. The van der Waals surface area contributed by atoms with Crippen LogP contribution in [0, 0.1) is 0 Å². The van der Waals surface area contributed by atoms with Gasteiger partial charge in [0.05, 0.1) is 11.6 Å². The van der Waals surface area contributed by atoms with Crippen LogP contribution in [0.2, 0.25) is 10.0 Å². The summed E-state index contributed by atoms with van der Waals surface area (Å²) in [5.41, 5.74) is 6.42. The van der Waals surface area contributed by atoms with Crippen LogP contribution in [0.1, 0.15) is 5.56 Å². The minimum atomic E-state index is -3.00.